The minimum atomic E-state index is 1.03. The van der Waals surface area contributed by atoms with Crippen LogP contribution in [0.15, 0.2) is 35.4 Å². The van der Waals surface area contributed by atoms with Gasteiger partial charge in [-0.1, -0.05) is 0 Å². The number of hydrogen-bond donors (Lipinski definition) is 0. The minimum absolute atomic E-state index is 1.03. The molecule has 0 aliphatic heterocycles. The highest BCUT2D eigenvalue weighted by Crippen LogP contribution is 2.30. The van der Waals surface area contributed by atoms with Crippen molar-refractivity contribution in [2.75, 3.05) is 0 Å². The first-order chi connectivity index (χ1) is 7.84. The van der Waals surface area contributed by atoms with Gasteiger partial charge in [-0.2, -0.15) is 0 Å². The van der Waals surface area contributed by atoms with E-state index in [0.29, 0.717) is 0 Å². The van der Waals surface area contributed by atoms with E-state index in [4.69, 9.17) is 0 Å². The smallest absolute Gasteiger partial charge is 0.135 e. The number of aromatic nitrogens is 3. The lowest BCUT2D eigenvalue weighted by molar-refractivity contribution is 0.933. The van der Waals surface area contributed by atoms with Gasteiger partial charge in [0.2, 0.25) is 0 Å². The fourth-order valence-corrected chi connectivity index (χ4v) is 3.06. The molecule has 3 aromatic heterocycles. The van der Waals surface area contributed by atoms with Crippen molar-refractivity contribution in [1.82, 2.24) is 14.5 Å². The number of nitrogens with zero attached hydrogens (tertiary/aromatic N) is 3. The zero-order valence-corrected chi connectivity index (χ0v) is 10.3. The minimum Gasteiger partial charge on any atom is -0.349 e. The van der Waals surface area contributed by atoms with Crippen LogP contribution < -0.4 is 0 Å². The molecular weight excluding hydrogens is 238 g/mol. The van der Waals surface area contributed by atoms with Gasteiger partial charge in [0.05, 0.1) is 21.8 Å². The van der Waals surface area contributed by atoms with Crippen molar-refractivity contribution in [3.8, 4) is 21.3 Å². The maximum absolute atomic E-state index is 4.62. The predicted octanol–water partition coefficient (Wildman–Crippen LogP) is 3.27. The topological polar surface area (TPSA) is 30.7 Å². The largest absolute Gasteiger partial charge is 0.349 e. The highest BCUT2D eigenvalue weighted by Gasteiger charge is 2.09. The summed E-state index contributed by atoms with van der Waals surface area (Å²) in [5, 5.41) is 3.13. The second kappa shape index (κ2) is 3.84. The molecule has 16 heavy (non-hydrogen) atoms. The van der Waals surface area contributed by atoms with Gasteiger partial charge in [-0.25, -0.2) is 4.98 Å². The highest BCUT2D eigenvalue weighted by atomic mass is 32.1. The van der Waals surface area contributed by atoms with Crippen molar-refractivity contribution < 1.29 is 0 Å². The maximum atomic E-state index is 4.62. The highest BCUT2D eigenvalue weighted by molar-refractivity contribution is 7.20. The van der Waals surface area contributed by atoms with Gasteiger partial charge in [-0.05, 0) is 12.1 Å². The van der Waals surface area contributed by atoms with E-state index < -0.39 is 0 Å². The Morgan fingerprint density at radius 3 is 2.94 bits per heavy atom. The Kier molecular flexibility index (Phi) is 2.34. The zero-order valence-electron chi connectivity index (χ0n) is 8.62. The summed E-state index contributed by atoms with van der Waals surface area (Å²) in [6.45, 7) is 0. The molecule has 0 fully saturated rings. The van der Waals surface area contributed by atoms with E-state index in [-0.39, 0.29) is 0 Å². The van der Waals surface area contributed by atoms with Gasteiger partial charge >= 0.3 is 0 Å². The molecule has 0 saturated carbocycles. The molecule has 0 aliphatic carbocycles. The van der Waals surface area contributed by atoms with Gasteiger partial charge in [0.1, 0.15) is 5.01 Å². The Morgan fingerprint density at radius 2 is 2.25 bits per heavy atom. The molecule has 0 spiro atoms. The van der Waals surface area contributed by atoms with E-state index in [9.17, 15) is 0 Å². The standard InChI is InChI=1S/C11H9N3S2/c1-14-4-2-3-9(14)8-6-15-11(13-8)10-5-12-7-16-10/h2-7H,1H3. The Hall–Kier alpha value is -1.46. The molecule has 0 aliphatic rings. The van der Waals surface area contributed by atoms with E-state index in [0.717, 1.165) is 21.3 Å². The summed E-state index contributed by atoms with van der Waals surface area (Å²) in [5.41, 5.74) is 4.01. The maximum Gasteiger partial charge on any atom is 0.135 e. The number of hydrogen-bond acceptors (Lipinski definition) is 4. The molecular formula is C11H9N3S2. The SMILES string of the molecule is Cn1cccc1-c1csc(-c2cncs2)n1. The van der Waals surface area contributed by atoms with Crippen molar-refractivity contribution in [2.45, 2.75) is 0 Å². The van der Waals surface area contributed by atoms with E-state index in [1.165, 1.54) is 0 Å². The van der Waals surface area contributed by atoms with Crippen LogP contribution >= 0.6 is 22.7 Å². The molecule has 5 heteroatoms. The average Bonchev–Trinajstić information content (AvgIpc) is 2.96. The number of thiazole rings is 2. The second-order valence-corrected chi connectivity index (χ2v) is 5.15. The molecule has 3 nitrogen and oxygen atoms in total. The van der Waals surface area contributed by atoms with Gasteiger partial charge in [0.15, 0.2) is 0 Å². The first kappa shape index (κ1) is 9.74. The molecule has 0 atom stereocenters. The lowest BCUT2D eigenvalue weighted by atomic mass is 10.3. The van der Waals surface area contributed by atoms with Crippen LogP contribution in [0.1, 0.15) is 0 Å². The number of aryl methyl sites for hydroxylation is 1. The molecule has 0 unspecified atom stereocenters. The molecule has 0 amide bonds. The fourth-order valence-electron chi connectivity index (χ4n) is 1.55. The summed E-state index contributed by atoms with van der Waals surface area (Å²) >= 11 is 3.28. The van der Waals surface area contributed by atoms with Crippen molar-refractivity contribution in [3.05, 3.63) is 35.4 Å². The molecule has 0 radical (unpaired) electrons. The Morgan fingerprint density at radius 1 is 1.31 bits per heavy atom. The first-order valence-corrected chi connectivity index (χ1v) is 6.56. The Bertz CT molecular complexity index is 592. The summed E-state index contributed by atoms with van der Waals surface area (Å²) in [7, 11) is 2.03. The molecule has 3 heterocycles. The van der Waals surface area contributed by atoms with Crippen molar-refractivity contribution in [1.29, 1.82) is 0 Å². The molecule has 0 aromatic carbocycles. The van der Waals surface area contributed by atoms with Gasteiger partial charge in [0, 0.05) is 24.8 Å². The van der Waals surface area contributed by atoms with Crippen LogP contribution in [0.4, 0.5) is 0 Å². The summed E-state index contributed by atoms with van der Waals surface area (Å²) in [6.07, 6.45) is 3.89. The van der Waals surface area contributed by atoms with Crippen molar-refractivity contribution in [2.24, 2.45) is 7.05 Å². The third-order valence-corrected chi connectivity index (χ3v) is 4.14. The first-order valence-electron chi connectivity index (χ1n) is 4.80. The van der Waals surface area contributed by atoms with Crippen molar-refractivity contribution in [3.63, 3.8) is 0 Å². The third kappa shape index (κ3) is 1.58. The second-order valence-electron chi connectivity index (χ2n) is 3.41. The van der Waals surface area contributed by atoms with Crippen LogP contribution in [-0.4, -0.2) is 14.5 Å². The predicted molar refractivity (Wildman–Crippen MR) is 67.6 cm³/mol. The summed E-state index contributed by atoms with van der Waals surface area (Å²) < 4.78 is 2.07. The monoisotopic (exact) mass is 247 g/mol. The molecule has 0 saturated heterocycles. The van der Waals surface area contributed by atoms with Crippen molar-refractivity contribution >= 4 is 22.7 Å². The van der Waals surface area contributed by atoms with Gasteiger partial charge in [-0.15, -0.1) is 22.7 Å². The summed E-state index contributed by atoms with van der Waals surface area (Å²) in [4.78, 5) is 9.82. The molecule has 80 valence electrons. The molecule has 3 rings (SSSR count). The lowest BCUT2D eigenvalue weighted by Crippen LogP contribution is -1.88. The van der Waals surface area contributed by atoms with Crippen LogP contribution in [0.3, 0.4) is 0 Å². The van der Waals surface area contributed by atoms with Crippen LogP contribution in [0.2, 0.25) is 0 Å². The van der Waals surface area contributed by atoms with Crippen LogP contribution in [-0.2, 0) is 7.05 Å². The summed E-state index contributed by atoms with van der Waals surface area (Å²) in [5.74, 6) is 0. The van der Waals surface area contributed by atoms with Crippen LogP contribution in [0.5, 0.6) is 0 Å². The Labute approximate surface area is 101 Å². The van der Waals surface area contributed by atoms with E-state index in [1.807, 2.05) is 31.0 Å². The lowest BCUT2D eigenvalue weighted by Gasteiger charge is -1.97. The molecule has 3 aromatic rings. The molecule has 0 bridgehead atoms. The quantitative estimate of drug-likeness (QED) is 0.696. The molecule has 0 N–H and O–H groups in total. The van der Waals surface area contributed by atoms with Crippen LogP contribution in [0, 0.1) is 0 Å². The Balaban J connectivity index is 2.03. The number of rotatable bonds is 2. The van der Waals surface area contributed by atoms with E-state index >= 15 is 0 Å². The van der Waals surface area contributed by atoms with E-state index in [2.05, 4.69) is 26.0 Å². The average molecular weight is 247 g/mol. The van der Waals surface area contributed by atoms with Gasteiger partial charge < -0.3 is 4.57 Å². The summed E-state index contributed by atoms with van der Waals surface area (Å²) in [6, 6.07) is 4.10. The van der Waals surface area contributed by atoms with E-state index in [1.54, 1.807) is 22.7 Å². The normalized spacial score (nSPS) is 10.8. The zero-order chi connectivity index (χ0) is 11.0. The van der Waals surface area contributed by atoms with Gasteiger partial charge in [0.25, 0.3) is 0 Å². The fraction of sp³-hybridized carbons (Fsp3) is 0.0909. The van der Waals surface area contributed by atoms with Gasteiger partial charge in [-0.3, -0.25) is 4.98 Å². The third-order valence-electron chi connectivity index (χ3n) is 2.35. The van der Waals surface area contributed by atoms with Crippen LogP contribution in [0.25, 0.3) is 21.3 Å².